The molecule has 0 saturated heterocycles. The first kappa shape index (κ1) is 11.3. The summed E-state index contributed by atoms with van der Waals surface area (Å²) in [6, 6.07) is 0. The van der Waals surface area contributed by atoms with E-state index in [-0.39, 0.29) is 10.9 Å². The SMILES string of the molecule is C[CH]CC(O)CSC(C)(C)C. The highest BCUT2D eigenvalue weighted by Crippen LogP contribution is 2.24. The van der Waals surface area contributed by atoms with Crippen LogP contribution in [0.2, 0.25) is 0 Å². The second-order valence-corrected chi connectivity index (χ2v) is 5.57. The van der Waals surface area contributed by atoms with Crippen molar-refractivity contribution in [3.05, 3.63) is 6.42 Å². The Labute approximate surface area is 74.6 Å². The molecule has 2 heteroatoms. The summed E-state index contributed by atoms with van der Waals surface area (Å²) in [5.74, 6) is 0.841. The van der Waals surface area contributed by atoms with Gasteiger partial charge in [-0.2, -0.15) is 11.8 Å². The molecule has 0 heterocycles. The van der Waals surface area contributed by atoms with E-state index >= 15 is 0 Å². The first-order valence-corrected chi connectivity index (χ1v) is 5.04. The second-order valence-electron chi connectivity index (χ2n) is 3.72. The fourth-order valence-electron chi connectivity index (χ4n) is 0.686. The van der Waals surface area contributed by atoms with Gasteiger partial charge in [0.15, 0.2) is 0 Å². The smallest absolute Gasteiger partial charge is 0.0633 e. The van der Waals surface area contributed by atoms with E-state index in [9.17, 15) is 5.11 Å². The number of hydrogen-bond acceptors (Lipinski definition) is 2. The fraction of sp³-hybridized carbons (Fsp3) is 0.889. The van der Waals surface area contributed by atoms with Gasteiger partial charge in [0, 0.05) is 10.5 Å². The van der Waals surface area contributed by atoms with Gasteiger partial charge >= 0.3 is 0 Å². The Morgan fingerprint density at radius 2 is 2.00 bits per heavy atom. The lowest BCUT2D eigenvalue weighted by molar-refractivity contribution is 0.198. The van der Waals surface area contributed by atoms with Crippen molar-refractivity contribution in [1.29, 1.82) is 0 Å². The van der Waals surface area contributed by atoms with Crippen molar-refractivity contribution in [3.63, 3.8) is 0 Å². The van der Waals surface area contributed by atoms with Crippen LogP contribution in [0.5, 0.6) is 0 Å². The molecule has 0 aromatic carbocycles. The maximum atomic E-state index is 9.36. The van der Waals surface area contributed by atoms with Crippen LogP contribution >= 0.6 is 11.8 Å². The van der Waals surface area contributed by atoms with Crippen LogP contribution in [-0.4, -0.2) is 21.7 Å². The molecular weight excluding hydrogens is 156 g/mol. The first-order valence-electron chi connectivity index (χ1n) is 4.05. The van der Waals surface area contributed by atoms with Gasteiger partial charge in [-0.3, -0.25) is 0 Å². The number of aliphatic hydroxyl groups is 1. The van der Waals surface area contributed by atoms with Gasteiger partial charge in [0.25, 0.3) is 0 Å². The van der Waals surface area contributed by atoms with Crippen molar-refractivity contribution in [3.8, 4) is 0 Å². The third kappa shape index (κ3) is 8.21. The summed E-state index contributed by atoms with van der Waals surface area (Å²) in [5.41, 5.74) is 0. The molecule has 0 aliphatic rings. The van der Waals surface area contributed by atoms with Gasteiger partial charge in [0.05, 0.1) is 6.10 Å². The lowest BCUT2D eigenvalue weighted by Gasteiger charge is -2.19. The van der Waals surface area contributed by atoms with E-state index in [1.165, 1.54) is 0 Å². The highest BCUT2D eigenvalue weighted by Gasteiger charge is 2.12. The van der Waals surface area contributed by atoms with Gasteiger partial charge in [-0.15, -0.1) is 0 Å². The maximum absolute atomic E-state index is 9.36. The van der Waals surface area contributed by atoms with Gasteiger partial charge in [-0.05, 0) is 12.8 Å². The minimum atomic E-state index is -0.163. The molecule has 11 heavy (non-hydrogen) atoms. The summed E-state index contributed by atoms with van der Waals surface area (Å²) in [7, 11) is 0. The highest BCUT2D eigenvalue weighted by atomic mass is 32.2. The van der Waals surface area contributed by atoms with E-state index in [4.69, 9.17) is 0 Å². The molecule has 0 rings (SSSR count). The Kier molecular flexibility index (Phi) is 5.19. The molecule has 0 bridgehead atoms. The van der Waals surface area contributed by atoms with E-state index in [0.29, 0.717) is 0 Å². The monoisotopic (exact) mass is 175 g/mol. The molecule has 0 aliphatic carbocycles. The predicted octanol–water partition coefficient (Wildman–Crippen LogP) is 2.49. The molecule has 1 atom stereocenters. The number of hydrogen-bond donors (Lipinski definition) is 1. The van der Waals surface area contributed by atoms with E-state index in [0.717, 1.165) is 12.2 Å². The van der Waals surface area contributed by atoms with E-state index in [2.05, 4.69) is 20.8 Å². The number of aliphatic hydroxyl groups excluding tert-OH is 1. The average molecular weight is 175 g/mol. The molecule has 0 aromatic heterocycles. The molecule has 67 valence electrons. The quantitative estimate of drug-likeness (QED) is 0.708. The zero-order valence-electron chi connectivity index (χ0n) is 7.92. The Balaban J connectivity index is 3.38. The Morgan fingerprint density at radius 3 is 2.36 bits per heavy atom. The van der Waals surface area contributed by atoms with Crippen LogP contribution in [0.4, 0.5) is 0 Å². The molecule has 0 saturated carbocycles. The molecule has 0 aromatic rings. The van der Waals surface area contributed by atoms with Crippen LogP contribution in [0.15, 0.2) is 0 Å². The largest absolute Gasteiger partial charge is 0.392 e. The Hall–Kier alpha value is 0.310. The molecule has 0 spiro atoms. The minimum absolute atomic E-state index is 0.163. The zero-order chi connectivity index (χ0) is 8.91. The molecule has 1 radical (unpaired) electrons. The average Bonchev–Trinajstić information content (AvgIpc) is 1.83. The van der Waals surface area contributed by atoms with E-state index < -0.39 is 0 Å². The number of rotatable bonds is 4. The summed E-state index contributed by atoms with van der Waals surface area (Å²) in [4.78, 5) is 0. The second kappa shape index (κ2) is 5.04. The third-order valence-electron chi connectivity index (χ3n) is 1.22. The molecular formula is C9H19OS. The van der Waals surface area contributed by atoms with Crippen LogP contribution in [0.25, 0.3) is 0 Å². The standard InChI is InChI=1S/C9H19OS/c1-5-6-8(10)7-11-9(2,3)4/h5,8,10H,6-7H2,1-4H3. The topological polar surface area (TPSA) is 20.2 Å². The molecule has 1 N–H and O–H groups in total. The first-order chi connectivity index (χ1) is 4.95. The van der Waals surface area contributed by atoms with Crippen molar-refractivity contribution in [2.75, 3.05) is 5.75 Å². The van der Waals surface area contributed by atoms with Crippen LogP contribution in [0, 0.1) is 6.42 Å². The molecule has 1 nitrogen and oxygen atoms in total. The highest BCUT2D eigenvalue weighted by molar-refractivity contribution is 8.00. The minimum Gasteiger partial charge on any atom is -0.392 e. The van der Waals surface area contributed by atoms with Crippen molar-refractivity contribution in [2.45, 2.75) is 45.0 Å². The predicted molar refractivity (Wildman–Crippen MR) is 52.8 cm³/mol. The van der Waals surface area contributed by atoms with Crippen LogP contribution in [-0.2, 0) is 0 Å². The maximum Gasteiger partial charge on any atom is 0.0633 e. The summed E-state index contributed by atoms with van der Waals surface area (Å²) in [6.45, 7) is 8.48. The molecule has 0 fully saturated rings. The van der Waals surface area contributed by atoms with Gasteiger partial charge in [-0.25, -0.2) is 0 Å². The van der Waals surface area contributed by atoms with Gasteiger partial charge in [-0.1, -0.05) is 27.7 Å². The van der Waals surface area contributed by atoms with E-state index in [1.807, 2.05) is 25.1 Å². The van der Waals surface area contributed by atoms with E-state index in [1.54, 1.807) is 0 Å². The fourth-order valence-corrected chi connectivity index (χ4v) is 1.51. The van der Waals surface area contributed by atoms with Crippen LogP contribution in [0.1, 0.15) is 34.1 Å². The third-order valence-corrected chi connectivity index (χ3v) is 2.63. The summed E-state index contributed by atoms with van der Waals surface area (Å²) in [6.07, 6.45) is 2.65. The van der Waals surface area contributed by atoms with Crippen molar-refractivity contribution >= 4 is 11.8 Å². The normalized spacial score (nSPS) is 15.0. The lowest BCUT2D eigenvalue weighted by atomic mass is 10.2. The Bertz CT molecular complexity index is 96.2. The Morgan fingerprint density at radius 1 is 1.45 bits per heavy atom. The number of thioether (sulfide) groups is 1. The van der Waals surface area contributed by atoms with Gasteiger partial charge < -0.3 is 5.11 Å². The zero-order valence-corrected chi connectivity index (χ0v) is 8.74. The molecule has 0 aliphatic heterocycles. The molecule has 1 unspecified atom stereocenters. The van der Waals surface area contributed by atoms with Crippen molar-refractivity contribution < 1.29 is 5.11 Å². The summed E-state index contributed by atoms with van der Waals surface area (Å²) >= 11 is 1.81. The van der Waals surface area contributed by atoms with Gasteiger partial charge in [0.2, 0.25) is 0 Å². The summed E-state index contributed by atoms with van der Waals surface area (Å²) in [5, 5.41) is 9.36. The summed E-state index contributed by atoms with van der Waals surface area (Å²) < 4.78 is 0.273. The van der Waals surface area contributed by atoms with Crippen LogP contribution in [0.3, 0.4) is 0 Å². The van der Waals surface area contributed by atoms with Crippen molar-refractivity contribution in [2.24, 2.45) is 0 Å². The lowest BCUT2D eigenvalue weighted by Crippen LogP contribution is -2.16. The van der Waals surface area contributed by atoms with Crippen molar-refractivity contribution in [1.82, 2.24) is 0 Å². The van der Waals surface area contributed by atoms with Gasteiger partial charge in [0.1, 0.15) is 0 Å². The van der Waals surface area contributed by atoms with Crippen LogP contribution < -0.4 is 0 Å². The molecule has 0 amide bonds.